The van der Waals surface area contributed by atoms with E-state index in [1.807, 2.05) is 91.9 Å². The molecule has 36 heteroatoms. The standard InChI is InChI=1S/C23H28N4O4S2.C22H25N3O2S3.2C21H24N4O3S2/c1-4-17-7-5-6-14-27(17)33(28,29)22-11-10-21(32-22)18-12-13-24-23(26-18)25-16-8-9-19(30-2)20(15-16)31-3;1-3-17-8-4-5-14-25(17)30(26,27)21-11-10-20(29-21)19-12-13-23-22(24-19)28-18-9-6-7-16(2)15-18;1-15(26)16-6-5-7-17(14-16)23-21-22-11-10-18(24-21)19-8-9-20(29-19)30(27,28)25-12-3-2-4-13-25;26-15-11-16-4-6-17(7-5-16)23-21-22-12-10-18(24-21)19-8-9-20(29-19)30(27,28)25-13-2-1-3-14-25/h8-13,15,17H,4-7,14H2,1-3H3,(H,24,25,26);6-7,9-13,15,17H,3-5,8,14H2,1-2H3;5-11,14-15,26H,2-4,12-13H2,1H3,(H,22,23,24);4-10,12,26H,1-3,11,13-15H2,(H,22,23,24). The van der Waals surface area contributed by atoms with Gasteiger partial charge in [0, 0.05) is 111 Å². The summed E-state index contributed by atoms with van der Waals surface area (Å²) >= 11 is 6.50. The number of rotatable bonds is 27. The van der Waals surface area contributed by atoms with Crippen molar-refractivity contribution in [2.75, 3.05) is 76.0 Å². The lowest BCUT2D eigenvalue weighted by Gasteiger charge is -2.33. The first-order valence-corrected chi connectivity index (χ1v) is 50.8. The highest BCUT2D eigenvalue weighted by Gasteiger charge is 2.36. The molecular formula is C87H101N15O12S9. The van der Waals surface area contributed by atoms with Crippen molar-refractivity contribution in [3.8, 4) is 53.8 Å². The van der Waals surface area contributed by atoms with E-state index >= 15 is 0 Å². The highest BCUT2D eigenvalue weighted by Crippen LogP contribution is 2.41. The van der Waals surface area contributed by atoms with Gasteiger partial charge in [0.2, 0.25) is 17.8 Å². The number of aromatic nitrogens is 8. The second-order valence-corrected chi connectivity index (χ2v) is 43.5. The number of aliphatic hydroxyl groups is 2. The molecule has 123 heavy (non-hydrogen) atoms. The third-order valence-electron chi connectivity index (χ3n) is 21.0. The van der Waals surface area contributed by atoms with E-state index in [1.165, 1.54) is 62.7 Å². The van der Waals surface area contributed by atoms with E-state index in [4.69, 9.17) is 14.6 Å². The Hall–Kier alpha value is -9.09. The first kappa shape index (κ1) is 91.6. The number of piperidine rings is 4. The van der Waals surface area contributed by atoms with Crippen molar-refractivity contribution in [3.63, 3.8) is 0 Å². The molecule has 3 atom stereocenters. The summed E-state index contributed by atoms with van der Waals surface area (Å²) in [6.45, 7) is 11.5. The highest BCUT2D eigenvalue weighted by atomic mass is 32.3. The van der Waals surface area contributed by atoms with Crippen LogP contribution in [0, 0.1) is 6.92 Å². The molecule has 0 aliphatic carbocycles. The Morgan fingerprint density at radius 1 is 0.447 bits per heavy atom. The largest absolute Gasteiger partial charge is 0.493 e. The van der Waals surface area contributed by atoms with E-state index in [1.54, 1.807) is 130 Å². The predicted molar refractivity (Wildman–Crippen MR) is 489 cm³/mol. The van der Waals surface area contributed by atoms with E-state index in [0.29, 0.717) is 114 Å². The average Bonchev–Trinajstić information content (AvgIpc) is 1.71. The van der Waals surface area contributed by atoms with E-state index in [9.17, 15) is 38.8 Å². The van der Waals surface area contributed by atoms with Crippen LogP contribution >= 0.6 is 57.1 Å². The Morgan fingerprint density at radius 2 is 0.862 bits per heavy atom. The lowest BCUT2D eigenvalue weighted by molar-refractivity contribution is 0.199. The van der Waals surface area contributed by atoms with Crippen LogP contribution in [0.1, 0.15) is 133 Å². The molecule has 0 bridgehead atoms. The van der Waals surface area contributed by atoms with Gasteiger partial charge in [-0.2, -0.15) is 17.2 Å². The number of anilines is 6. The first-order chi connectivity index (χ1) is 59.4. The third kappa shape index (κ3) is 23.5. The van der Waals surface area contributed by atoms with E-state index in [2.05, 4.69) is 81.8 Å². The normalized spacial score (nSPS) is 16.6. The molecule has 0 spiro atoms. The van der Waals surface area contributed by atoms with Gasteiger partial charge in [-0.3, -0.25) is 0 Å². The molecule has 4 aliphatic heterocycles. The van der Waals surface area contributed by atoms with Gasteiger partial charge < -0.3 is 35.6 Å². The maximum absolute atomic E-state index is 13.3. The molecule has 0 radical (unpaired) electrons. The molecule has 650 valence electrons. The number of thiophene rings is 4. The van der Waals surface area contributed by atoms with Crippen molar-refractivity contribution in [1.82, 2.24) is 57.1 Å². The fourth-order valence-corrected chi connectivity index (χ4v) is 27.6. The van der Waals surface area contributed by atoms with Gasteiger partial charge in [-0.1, -0.05) is 81.5 Å². The minimum atomic E-state index is -3.52. The number of hydrogen-bond donors (Lipinski definition) is 5. The summed E-state index contributed by atoms with van der Waals surface area (Å²) in [4.78, 5) is 39.8. The summed E-state index contributed by atoms with van der Waals surface area (Å²) in [5, 5.41) is 28.9. The van der Waals surface area contributed by atoms with Crippen molar-refractivity contribution in [3.05, 3.63) is 205 Å². The summed E-state index contributed by atoms with van der Waals surface area (Å²) in [6, 6.07) is 50.1. The van der Waals surface area contributed by atoms with Crippen LogP contribution in [0.2, 0.25) is 0 Å². The predicted octanol–water partition coefficient (Wildman–Crippen LogP) is 18.4. The molecule has 4 saturated heterocycles. The average molecular weight is 1840 g/mol. The zero-order chi connectivity index (χ0) is 86.7. The number of benzene rings is 4. The maximum atomic E-state index is 13.3. The number of hydrogen-bond acceptors (Lipinski definition) is 28. The third-order valence-corrected chi connectivity index (χ3v) is 35.9. The Balaban J connectivity index is 0.000000141. The summed E-state index contributed by atoms with van der Waals surface area (Å²) in [7, 11) is -10.7. The minimum absolute atomic E-state index is 0.0747. The summed E-state index contributed by atoms with van der Waals surface area (Å²) in [5.41, 5.74) is 8.13. The molecule has 27 nitrogen and oxygen atoms in total. The van der Waals surface area contributed by atoms with Crippen LogP contribution in [0.25, 0.3) is 42.3 Å². The van der Waals surface area contributed by atoms with Crippen molar-refractivity contribution < 1.29 is 53.4 Å². The molecule has 4 fully saturated rings. The highest BCUT2D eigenvalue weighted by molar-refractivity contribution is 7.99. The van der Waals surface area contributed by atoms with Gasteiger partial charge in [0.1, 0.15) is 16.8 Å². The second-order valence-electron chi connectivity index (χ2n) is 29.6. The smallest absolute Gasteiger partial charge is 0.252 e. The van der Waals surface area contributed by atoms with Gasteiger partial charge >= 0.3 is 0 Å². The number of nitrogens with zero attached hydrogens (tertiary/aromatic N) is 12. The molecule has 5 N–H and O–H groups in total. The minimum Gasteiger partial charge on any atom is -0.493 e. The summed E-state index contributed by atoms with van der Waals surface area (Å²) < 4.78 is 123. The topological polar surface area (TPSA) is 348 Å². The molecule has 8 aromatic heterocycles. The Bertz CT molecular complexity index is 6010. The van der Waals surface area contributed by atoms with Crippen LogP contribution in [0.15, 0.2) is 215 Å². The van der Waals surface area contributed by atoms with Crippen LogP contribution in [0.4, 0.5) is 34.9 Å². The van der Waals surface area contributed by atoms with E-state index < -0.39 is 46.2 Å². The molecule has 3 unspecified atom stereocenters. The number of sulfonamides is 4. The molecule has 16 rings (SSSR count). The van der Waals surface area contributed by atoms with E-state index in [0.717, 1.165) is 148 Å². The van der Waals surface area contributed by atoms with Crippen LogP contribution in [0.5, 0.6) is 11.5 Å². The first-order valence-electron chi connectivity index (χ1n) is 41.0. The van der Waals surface area contributed by atoms with Crippen LogP contribution in [-0.2, 0) is 46.5 Å². The maximum Gasteiger partial charge on any atom is 0.252 e. The van der Waals surface area contributed by atoms with E-state index in [-0.39, 0.29) is 18.7 Å². The number of aryl methyl sites for hydroxylation is 1. The fourth-order valence-electron chi connectivity index (χ4n) is 14.5. The van der Waals surface area contributed by atoms with Crippen LogP contribution in [-0.4, -0.2) is 173 Å². The number of methoxy groups -OCH3 is 2. The van der Waals surface area contributed by atoms with Gasteiger partial charge in [0.05, 0.1) is 62.6 Å². The number of ether oxygens (including phenoxy) is 2. The molecule has 12 aromatic rings. The van der Waals surface area contributed by atoms with Gasteiger partial charge in [0.25, 0.3) is 40.1 Å². The van der Waals surface area contributed by atoms with Gasteiger partial charge in [-0.15, -0.1) is 45.3 Å². The monoisotopic (exact) mass is 1840 g/mol. The summed E-state index contributed by atoms with van der Waals surface area (Å²) in [6.07, 6.45) is 20.1. The Kier molecular flexibility index (Phi) is 31.8. The molecule has 12 heterocycles. The van der Waals surface area contributed by atoms with Crippen molar-refractivity contribution in [2.45, 2.75) is 169 Å². The van der Waals surface area contributed by atoms with Crippen molar-refractivity contribution in [2.24, 2.45) is 0 Å². The number of nitrogens with one attached hydrogen (secondary N) is 3. The number of aliphatic hydroxyl groups excluding tert-OH is 2. The SMILES string of the molecule is CC(O)c1cccc(Nc2nccc(-c3ccc(S(=O)(=O)N4CCCCC4)s3)n2)c1.CCC1CCCCN1S(=O)(=O)c1ccc(-c2ccnc(Nc3ccc(OC)c(OC)c3)n2)s1.CCC1CCCCN1S(=O)(=O)c1ccc(-c2ccnc(Sc3cccc(C)c3)n2)s1.O=S(=O)(c1ccc(-c2ccnc(Nc3ccc(CCO)cc3)n2)s1)N1CCCCC1. The molecule has 4 aromatic carbocycles. The zero-order valence-electron chi connectivity index (χ0n) is 69.2. The lowest BCUT2D eigenvalue weighted by atomic mass is 10.0. The van der Waals surface area contributed by atoms with Gasteiger partial charge in [-0.05, 0) is 229 Å². The Labute approximate surface area is 740 Å². The second kappa shape index (κ2) is 42.7. The van der Waals surface area contributed by atoms with Crippen molar-refractivity contribution in [1.29, 1.82) is 0 Å². The van der Waals surface area contributed by atoms with Crippen LogP contribution in [0.3, 0.4) is 0 Å². The quantitative estimate of drug-likeness (QED) is 0.0299. The summed E-state index contributed by atoms with van der Waals surface area (Å²) in [5.74, 6) is 2.47. The molecular weight excluding hydrogens is 1740 g/mol. The van der Waals surface area contributed by atoms with Gasteiger partial charge in [0.15, 0.2) is 16.7 Å². The van der Waals surface area contributed by atoms with Crippen LogP contribution < -0.4 is 25.4 Å². The fraction of sp³-hybridized carbons (Fsp3) is 0.356. The Morgan fingerprint density at radius 3 is 1.30 bits per heavy atom. The molecule has 4 aliphatic rings. The molecule has 0 saturated carbocycles. The van der Waals surface area contributed by atoms with Gasteiger partial charge in [-0.25, -0.2) is 73.5 Å². The zero-order valence-corrected chi connectivity index (χ0v) is 76.6. The lowest BCUT2D eigenvalue weighted by Crippen LogP contribution is -2.42. The van der Waals surface area contributed by atoms with Crippen molar-refractivity contribution >= 4 is 132 Å². The molecule has 0 amide bonds.